The van der Waals surface area contributed by atoms with Crippen molar-refractivity contribution in [2.24, 2.45) is 0 Å². The standard InChI is InChI=1S/C24H36NO3P/c1-5-7-18-27-29(26,28-19-8-6-2)24(25-23-12-10-9-11-13-23)22-16-14-21(15-17-22)20(3)4/h9-17,20,24-25H,5-8,18-19H2,1-4H3. The van der Waals surface area contributed by atoms with E-state index in [1.807, 2.05) is 42.5 Å². The molecule has 1 unspecified atom stereocenters. The van der Waals surface area contributed by atoms with Crippen LogP contribution in [0.2, 0.25) is 0 Å². The summed E-state index contributed by atoms with van der Waals surface area (Å²) in [6, 6.07) is 18.1. The molecule has 0 heterocycles. The number of unbranched alkanes of at least 4 members (excludes halogenated alkanes) is 2. The zero-order valence-electron chi connectivity index (χ0n) is 18.3. The molecular formula is C24H36NO3P. The number of hydrogen-bond donors (Lipinski definition) is 1. The van der Waals surface area contributed by atoms with Crippen molar-refractivity contribution >= 4 is 13.3 Å². The lowest BCUT2D eigenvalue weighted by atomic mass is 10.0. The van der Waals surface area contributed by atoms with Crippen LogP contribution in [0.1, 0.15) is 76.2 Å². The number of rotatable bonds is 13. The molecule has 0 radical (unpaired) electrons. The lowest BCUT2D eigenvalue weighted by Gasteiger charge is -2.29. The molecule has 0 saturated heterocycles. The second-order valence-electron chi connectivity index (χ2n) is 7.65. The molecule has 4 nitrogen and oxygen atoms in total. The van der Waals surface area contributed by atoms with Gasteiger partial charge in [0.05, 0.1) is 13.2 Å². The van der Waals surface area contributed by atoms with Crippen LogP contribution in [0.3, 0.4) is 0 Å². The van der Waals surface area contributed by atoms with Crippen LogP contribution in [0.4, 0.5) is 5.69 Å². The van der Waals surface area contributed by atoms with Gasteiger partial charge in [-0.15, -0.1) is 0 Å². The third-order valence-electron chi connectivity index (χ3n) is 4.85. The Morgan fingerprint density at radius 1 is 0.828 bits per heavy atom. The van der Waals surface area contributed by atoms with E-state index in [1.54, 1.807) is 0 Å². The Morgan fingerprint density at radius 2 is 1.34 bits per heavy atom. The summed E-state index contributed by atoms with van der Waals surface area (Å²) < 4.78 is 25.9. The molecule has 29 heavy (non-hydrogen) atoms. The number of anilines is 1. The van der Waals surface area contributed by atoms with Gasteiger partial charge in [0.1, 0.15) is 0 Å². The first-order valence-corrected chi connectivity index (χ1v) is 12.4. The van der Waals surface area contributed by atoms with E-state index in [4.69, 9.17) is 9.05 Å². The van der Waals surface area contributed by atoms with Crippen LogP contribution in [0.5, 0.6) is 0 Å². The van der Waals surface area contributed by atoms with E-state index in [1.165, 1.54) is 5.56 Å². The number of nitrogens with one attached hydrogen (secondary N) is 1. The molecule has 0 amide bonds. The number of hydrogen-bond acceptors (Lipinski definition) is 4. The van der Waals surface area contributed by atoms with E-state index in [0.29, 0.717) is 19.1 Å². The van der Waals surface area contributed by atoms with E-state index < -0.39 is 13.4 Å². The highest BCUT2D eigenvalue weighted by Gasteiger charge is 2.37. The zero-order valence-corrected chi connectivity index (χ0v) is 19.2. The van der Waals surface area contributed by atoms with Crippen LogP contribution >= 0.6 is 7.60 Å². The average Bonchev–Trinajstić information content (AvgIpc) is 2.73. The van der Waals surface area contributed by atoms with E-state index in [2.05, 4.69) is 45.1 Å². The maximum Gasteiger partial charge on any atom is 0.357 e. The van der Waals surface area contributed by atoms with Gasteiger partial charge in [0, 0.05) is 5.69 Å². The minimum Gasteiger partial charge on any atom is -0.368 e. The summed E-state index contributed by atoms with van der Waals surface area (Å²) >= 11 is 0. The fraction of sp³-hybridized carbons (Fsp3) is 0.500. The van der Waals surface area contributed by atoms with Crippen molar-refractivity contribution in [3.8, 4) is 0 Å². The largest absolute Gasteiger partial charge is 0.368 e. The van der Waals surface area contributed by atoms with E-state index >= 15 is 0 Å². The molecule has 5 heteroatoms. The van der Waals surface area contributed by atoms with Crippen molar-refractivity contribution < 1.29 is 13.6 Å². The highest BCUT2D eigenvalue weighted by molar-refractivity contribution is 7.54. The fourth-order valence-electron chi connectivity index (χ4n) is 2.96. The Labute approximate surface area is 176 Å². The Balaban J connectivity index is 2.38. The minimum absolute atomic E-state index is 0.428. The Hall–Kier alpha value is -1.61. The predicted octanol–water partition coefficient (Wildman–Crippen LogP) is 7.75. The monoisotopic (exact) mass is 417 g/mol. The molecule has 0 spiro atoms. The van der Waals surface area contributed by atoms with Gasteiger partial charge in [-0.1, -0.05) is 83.0 Å². The normalized spacial score (nSPS) is 12.9. The SMILES string of the molecule is CCCCOP(=O)(OCCCC)C(Nc1ccccc1)c1ccc(C(C)C)cc1. The lowest BCUT2D eigenvalue weighted by Crippen LogP contribution is -2.16. The third kappa shape index (κ3) is 7.29. The van der Waals surface area contributed by atoms with E-state index in [0.717, 1.165) is 36.9 Å². The molecule has 0 bridgehead atoms. The molecule has 0 fully saturated rings. The zero-order chi connectivity index (χ0) is 21.1. The molecule has 0 saturated carbocycles. The van der Waals surface area contributed by atoms with Crippen molar-refractivity contribution in [3.05, 3.63) is 65.7 Å². The molecular weight excluding hydrogens is 381 g/mol. The minimum atomic E-state index is -3.43. The molecule has 0 aliphatic carbocycles. The summed E-state index contributed by atoms with van der Waals surface area (Å²) in [7, 11) is -3.43. The summed E-state index contributed by atoms with van der Waals surface area (Å²) in [5, 5.41) is 3.43. The molecule has 2 aromatic rings. The predicted molar refractivity (Wildman–Crippen MR) is 123 cm³/mol. The maximum atomic E-state index is 14.0. The molecule has 1 N–H and O–H groups in total. The second-order valence-corrected chi connectivity index (χ2v) is 9.76. The molecule has 0 aliphatic rings. The van der Waals surface area contributed by atoms with Crippen molar-refractivity contribution in [2.75, 3.05) is 18.5 Å². The van der Waals surface area contributed by atoms with Gasteiger partial charge in [-0.05, 0) is 42.0 Å². The van der Waals surface area contributed by atoms with Crippen LogP contribution in [0, 0.1) is 0 Å². The van der Waals surface area contributed by atoms with Gasteiger partial charge in [-0.2, -0.15) is 0 Å². The lowest BCUT2D eigenvalue weighted by molar-refractivity contribution is 0.194. The van der Waals surface area contributed by atoms with Gasteiger partial charge in [0.2, 0.25) is 0 Å². The van der Waals surface area contributed by atoms with Crippen LogP contribution in [-0.4, -0.2) is 13.2 Å². The first kappa shape index (κ1) is 23.7. The van der Waals surface area contributed by atoms with Crippen LogP contribution in [0.15, 0.2) is 54.6 Å². The fourth-order valence-corrected chi connectivity index (χ4v) is 4.94. The molecule has 1 atom stereocenters. The van der Waals surface area contributed by atoms with Crippen LogP contribution in [-0.2, 0) is 13.6 Å². The first-order chi connectivity index (χ1) is 14.0. The molecule has 160 valence electrons. The summed E-state index contributed by atoms with van der Waals surface area (Å²) in [6.07, 6.45) is 3.67. The quantitative estimate of drug-likeness (QED) is 0.267. The molecule has 0 aromatic heterocycles. The van der Waals surface area contributed by atoms with Gasteiger partial charge in [-0.25, -0.2) is 0 Å². The topological polar surface area (TPSA) is 47.6 Å². The molecule has 2 rings (SSSR count). The Morgan fingerprint density at radius 3 is 1.83 bits per heavy atom. The number of benzene rings is 2. The van der Waals surface area contributed by atoms with Crippen molar-refractivity contribution in [1.82, 2.24) is 0 Å². The van der Waals surface area contributed by atoms with Crippen molar-refractivity contribution in [3.63, 3.8) is 0 Å². The van der Waals surface area contributed by atoms with Crippen LogP contribution in [0.25, 0.3) is 0 Å². The van der Waals surface area contributed by atoms with Gasteiger partial charge >= 0.3 is 7.60 Å². The molecule has 2 aromatic carbocycles. The van der Waals surface area contributed by atoms with Crippen molar-refractivity contribution in [2.45, 2.75) is 65.1 Å². The van der Waals surface area contributed by atoms with Crippen LogP contribution < -0.4 is 5.32 Å². The first-order valence-electron chi connectivity index (χ1n) is 10.8. The second kappa shape index (κ2) is 12.2. The highest BCUT2D eigenvalue weighted by atomic mass is 31.2. The maximum absolute atomic E-state index is 14.0. The van der Waals surface area contributed by atoms with Gasteiger partial charge in [0.15, 0.2) is 5.78 Å². The van der Waals surface area contributed by atoms with Gasteiger partial charge < -0.3 is 14.4 Å². The summed E-state index contributed by atoms with van der Waals surface area (Å²) in [5.41, 5.74) is 3.05. The summed E-state index contributed by atoms with van der Waals surface area (Å²) in [6.45, 7) is 9.38. The van der Waals surface area contributed by atoms with Gasteiger partial charge in [-0.3, -0.25) is 4.57 Å². The smallest absolute Gasteiger partial charge is 0.357 e. The number of para-hydroxylation sites is 1. The summed E-state index contributed by atoms with van der Waals surface area (Å²) in [4.78, 5) is 0. The molecule has 0 aliphatic heterocycles. The highest BCUT2D eigenvalue weighted by Crippen LogP contribution is 2.61. The Kier molecular flexibility index (Phi) is 9.93. The summed E-state index contributed by atoms with van der Waals surface area (Å²) in [5.74, 6) is -0.113. The Bertz CT molecular complexity index is 732. The van der Waals surface area contributed by atoms with Gasteiger partial charge in [0.25, 0.3) is 0 Å². The van der Waals surface area contributed by atoms with E-state index in [9.17, 15) is 4.57 Å². The van der Waals surface area contributed by atoms with E-state index in [-0.39, 0.29) is 0 Å². The van der Waals surface area contributed by atoms with Crippen molar-refractivity contribution in [1.29, 1.82) is 0 Å². The average molecular weight is 418 g/mol. The third-order valence-corrected chi connectivity index (χ3v) is 7.00.